The fourth-order valence-corrected chi connectivity index (χ4v) is 1.89. The molecule has 0 atom stereocenters. The number of methoxy groups -OCH3 is 1. The molecule has 0 fully saturated rings. The Balaban J connectivity index is 2.78. The van der Waals surface area contributed by atoms with Crippen LogP contribution < -0.4 is 5.32 Å². The Morgan fingerprint density at radius 2 is 2.16 bits per heavy atom. The highest BCUT2D eigenvalue weighted by Gasteiger charge is 2.22. The molecule has 0 aliphatic carbocycles. The number of halogens is 1. The van der Waals surface area contributed by atoms with Crippen LogP contribution in [0.15, 0.2) is 18.2 Å². The first kappa shape index (κ1) is 15.7. The monoisotopic (exact) mass is 286 g/mol. The molecule has 0 saturated heterocycles. The lowest BCUT2D eigenvalue weighted by Gasteiger charge is -2.25. The highest BCUT2D eigenvalue weighted by molar-refractivity contribution is 6.33. The van der Waals surface area contributed by atoms with Crippen molar-refractivity contribution in [3.05, 3.63) is 33.3 Å². The van der Waals surface area contributed by atoms with E-state index >= 15 is 0 Å². The number of hydrogen-bond donors (Lipinski definition) is 1. The summed E-state index contributed by atoms with van der Waals surface area (Å²) in [4.78, 5) is 10.5. The third kappa shape index (κ3) is 4.69. The van der Waals surface area contributed by atoms with E-state index in [0.717, 1.165) is 6.42 Å². The van der Waals surface area contributed by atoms with Crippen LogP contribution in [0.1, 0.15) is 20.3 Å². The molecule has 106 valence electrons. The Kier molecular flexibility index (Phi) is 5.57. The summed E-state index contributed by atoms with van der Waals surface area (Å²) in [6, 6.07) is 4.87. The summed E-state index contributed by atoms with van der Waals surface area (Å²) in [6.45, 7) is 5.43. The van der Waals surface area contributed by atoms with Crippen molar-refractivity contribution in [3.8, 4) is 0 Å². The van der Waals surface area contributed by atoms with Gasteiger partial charge in [0.05, 0.1) is 4.92 Å². The van der Waals surface area contributed by atoms with Crippen LogP contribution in [0.5, 0.6) is 0 Å². The lowest BCUT2D eigenvalue weighted by Crippen LogP contribution is -2.25. The number of nitro benzene ring substituents is 1. The number of rotatable bonds is 7. The summed E-state index contributed by atoms with van der Waals surface area (Å²) in [5.41, 5.74) is 0.348. The van der Waals surface area contributed by atoms with Crippen molar-refractivity contribution in [1.82, 2.24) is 0 Å². The molecule has 0 unspecified atom stereocenters. The van der Waals surface area contributed by atoms with Crippen LogP contribution in [0.4, 0.5) is 11.4 Å². The second-order valence-electron chi connectivity index (χ2n) is 5.15. The van der Waals surface area contributed by atoms with Crippen LogP contribution in [0.2, 0.25) is 5.02 Å². The minimum absolute atomic E-state index is 0.0216. The maximum Gasteiger partial charge on any atom is 0.310 e. The molecule has 0 heterocycles. The standard InChI is InChI=1S/C13H19ClN2O3/c1-13(2,7-8-19-3)9-15-11-6-4-5-10(14)12(11)16(17)18/h4-6,15H,7-9H2,1-3H3. The van der Waals surface area contributed by atoms with Gasteiger partial charge in [-0.1, -0.05) is 31.5 Å². The average Bonchev–Trinajstić information content (AvgIpc) is 2.33. The molecule has 1 rings (SSSR count). The van der Waals surface area contributed by atoms with Crippen LogP contribution in [-0.4, -0.2) is 25.2 Å². The number of nitro groups is 1. The predicted octanol–water partition coefficient (Wildman–Crippen LogP) is 3.72. The summed E-state index contributed by atoms with van der Waals surface area (Å²) < 4.78 is 5.05. The van der Waals surface area contributed by atoms with Gasteiger partial charge in [0, 0.05) is 20.3 Å². The number of ether oxygens (including phenoxy) is 1. The minimum atomic E-state index is -0.465. The summed E-state index contributed by atoms with van der Waals surface area (Å²) in [5, 5.41) is 14.2. The fraction of sp³-hybridized carbons (Fsp3) is 0.538. The summed E-state index contributed by atoms with van der Waals surface area (Å²) >= 11 is 5.86. The number of nitrogens with one attached hydrogen (secondary N) is 1. The summed E-state index contributed by atoms with van der Waals surface area (Å²) in [5.74, 6) is 0. The van der Waals surface area contributed by atoms with Crippen LogP contribution in [0.3, 0.4) is 0 Å². The van der Waals surface area contributed by atoms with Crippen LogP contribution >= 0.6 is 11.6 Å². The topological polar surface area (TPSA) is 64.4 Å². The van der Waals surface area contributed by atoms with E-state index in [1.807, 2.05) is 0 Å². The second kappa shape index (κ2) is 6.73. The number of nitrogens with zero attached hydrogens (tertiary/aromatic N) is 1. The normalized spacial score (nSPS) is 11.4. The van der Waals surface area contributed by atoms with Crippen molar-refractivity contribution in [2.75, 3.05) is 25.6 Å². The molecular weight excluding hydrogens is 268 g/mol. The van der Waals surface area contributed by atoms with Gasteiger partial charge in [-0.05, 0) is 24.0 Å². The molecule has 0 aliphatic rings. The molecule has 1 N–H and O–H groups in total. The summed E-state index contributed by atoms with van der Waals surface area (Å²) in [7, 11) is 1.66. The molecule has 1 aromatic rings. The zero-order valence-electron chi connectivity index (χ0n) is 11.4. The Bertz CT molecular complexity index is 450. The molecular formula is C13H19ClN2O3. The number of anilines is 1. The van der Waals surface area contributed by atoms with Crippen molar-refractivity contribution < 1.29 is 9.66 Å². The molecule has 19 heavy (non-hydrogen) atoms. The summed E-state index contributed by atoms with van der Waals surface area (Å²) in [6.07, 6.45) is 0.866. The highest BCUT2D eigenvalue weighted by Crippen LogP contribution is 2.33. The van der Waals surface area contributed by atoms with Gasteiger partial charge in [0.15, 0.2) is 0 Å². The molecule has 0 aliphatic heterocycles. The zero-order chi connectivity index (χ0) is 14.5. The molecule has 0 amide bonds. The molecule has 0 bridgehead atoms. The van der Waals surface area contributed by atoms with E-state index in [2.05, 4.69) is 19.2 Å². The Hall–Kier alpha value is -1.33. The first-order chi connectivity index (χ1) is 8.87. The fourth-order valence-electron chi connectivity index (χ4n) is 1.64. The van der Waals surface area contributed by atoms with Crippen molar-refractivity contribution in [3.63, 3.8) is 0 Å². The Morgan fingerprint density at radius 1 is 1.47 bits per heavy atom. The van der Waals surface area contributed by atoms with Gasteiger partial charge in [-0.25, -0.2) is 0 Å². The van der Waals surface area contributed by atoms with E-state index in [9.17, 15) is 10.1 Å². The predicted molar refractivity (Wildman–Crippen MR) is 76.9 cm³/mol. The Morgan fingerprint density at radius 3 is 2.74 bits per heavy atom. The van der Waals surface area contributed by atoms with Crippen molar-refractivity contribution in [2.45, 2.75) is 20.3 Å². The molecule has 0 spiro atoms. The number of benzene rings is 1. The van der Waals surface area contributed by atoms with Gasteiger partial charge in [-0.15, -0.1) is 0 Å². The van der Waals surface area contributed by atoms with Gasteiger partial charge in [0.1, 0.15) is 10.7 Å². The molecule has 0 aromatic heterocycles. The molecule has 5 nitrogen and oxygen atoms in total. The Labute approximate surface area is 118 Å². The second-order valence-corrected chi connectivity index (χ2v) is 5.56. The SMILES string of the molecule is COCCC(C)(C)CNc1cccc(Cl)c1[N+](=O)[O-]. The molecule has 6 heteroatoms. The van der Waals surface area contributed by atoms with E-state index < -0.39 is 4.92 Å². The van der Waals surface area contributed by atoms with Gasteiger partial charge >= 0.3 is 5.69 Å². The van der Waals surface area contributed by atoms with E-state index in [-0.39, 0.29) is 16.1 Å². The van der Waals surface area contributed by atoms with Crippen LogP contribution in [-0.2, 0) is 4.74 Å². The molecule has 0 radical (unpaired) electrons. The highest BCUT2D eigenvalue weighted by atomic mass is 35.5. The van der Waals surface area contributed by atoms with E-state index in [0.29, 0.717) is 18.8 Å². The van der Waals surface area contributed by atoms with Gasteiger partial charge in [-0.2, -0.15) is 0 Å². The van der Waals surface area contributed by atoms with Crippen molar-refractivity contribution in [2.24, 2.45) is 5.41 Å². The number of hydrogen-bond acceptors (Lipinski definition) is 4. The minimum Gasteiger partial charge on any atom is -0.385 e. The lowest BCUT2D eigenvalue weighted by molar-refractivity contribution is -0.383. The van der Waals surface area contributed by atoms with Gasteiger partial charge in [0.25, 0.3) is 0 Å². The average molecular weight is 287 g/mol. The van der Waals surface area contributed by atoms with Crippen LogP contribution in [0, 0.1) is 15.5 Å². The maximum absolute atomic E-state index is 11.0. The third-order valence-electron chi connectivity index (χ3n) is 2.91. The first-order valence-electron chi connectivity index (χ1n) is 6.03. The molecule has 1 aromatic carbocycles. The third-order valence-corrected chi connectivity index (χ3v) is 3.21. The number of para-hydroxylation sites is 1. The van der Waals surface area contributed by atoms with Gasteiger partial charge < -0.3 is 10.1 Å². The van der Waals surface area contributed by atoms with Crippen molar-refractivity contribution in [1.29, 1.82) is 0 Å². The zero-order valence-corrected chi connectivity index (χ0v) is 12.2. The van der Waals surface area contributed by atoms with E-state index in [4.69, 9.17) is 16.3 Å². The lowest BCUT2D eigenvalue weighted by atomic mass is 9.89. The van der Waals surface area contributed by atoms with E-state index in [1.54, 1.807) is 19.2 Å². The molecule has 0 saturated carbocycles. The van der Waals surface area contributed by atoms with E-state index in [1.165, 1.54) is 6.07 Å². The quantitative estimate of drug-likeness (QED) is 0.613. The smallest absolute Gasteiger partial charge is 0.310 e. The maximum atomic E-state index is 11.0. The van der Waals surface area contributed by atoms with Crippen LogP contribution in [0.25, 0.3) is 0 Å². The van der Waals surface area contributed by atoms with Crippen molar-refractivity contribution >= 4 is 23.0 Å². The van der Waals surface area contributed by atoms with Gasteiger partial charge in [0.2, 0.25) is 0 Å². The first-order valence-corrected chi connectivity index (χ1v) is 6.41. The largest absolute Gasteiger partial charge is 0.385 e. The van der Waals surface area contributed by atoms with Gasteiger partial charge in [-0.3, -0.25) is 10.1 Å².